The first kappa shape index (κ1) is 16.2. The molecule has 3 rings (SSSR count). The Bertz CT molecular complexity index is 543. The number of rotatable bonds is 6. The van der Waals surface area contributed by atoms with E-state index in [4.69, 9.17) is 4.74 Å². The van der Waals surface area contributed by atoms with Crippen LogP contribution in [0.1, 0.15) is 31.2 Å². The Morgan fingerprint density at radius 3 is 3.00 bits per heavy atom. The van der Waals surface area contributed by atoms with E-state index >= 15 is 0 Å². The van der Waals surface area contributed by atoms with Crippen LogP contribution in [0.5, 0.6) is 0 Å². The van der Waals surface area contributed by atoms with Crippen molar-refractivity contribution in [3.05, 3.63) is 23.9 Å². The Hall–Kier alpha value is -1.62. The van der Waals surface area contributed by atoms with Gasteiger partial charge in [-0.15, -0.1) is 0 Å². The first-order valence-electron chi connectivity index (χ1n) is 8.63. The molecule has 2 heterocycles. The number of amides is 1. The van der Waals surface area contributed by atoms with E-state index in [2.05, 4.69) is 17.1 Å². The molecule has 126 valence electrons. The lowest BCUT2D eigenvalue weighted by molar-refractivity contribution is -0.139. The van der Waals surface area contributed by atoms with Gasteiger partial charge in [0, 0.05) is 39.8 Å². The van der Waals surface area contributed by atoms with Crippen LogP contribution in [0.3, 0.4) is 0 Å². The van der Waals surface area contributed by atoms with Crippen molar-refractivity contribution in [3.8, 4) is 0 Å². The van der Waals surface area contributed by atoms with Crippen LogP contribution in [0.4, 0.5) is 5.82 Å². The predicted octanol–water partition coefficient (Wildman–Crippen LogP) is 2.11. The van der Waals surface area contributed by atoms with Crippen LogP contribution in [0, 0.1) is 5.92 Å². The number of aryl methyl sites for hydroxylation is 1. The molecule has 5 nitrogen and oxygen atoms in total. The van der Waals surface area contributed by atoms with Crippen LogP contribution < -0.4 is 4.90 Å². The van der Waals surface area contributed by atoms with Crippen molar-refractivity contribution in [1.29, 1.82) is 0 Å². The molecule has 5 heteroatoms. The van der Waals surface area contributed by atoms with E-state index in [1.807, 2.05) is 30.1 Å². The van der Waals surface area contributed by atoms with Gasteiger partial charge in [-0.2, -0.15) is 0 Å². The minimum atomic E-state index is 0.155. The average molecular weight is 317 g/mol. The number of morpholine rings is 1. The van der Waals surface area contributed by atoms with Crippen molar-refractivity contribution in [1.82, 2.24) is 9.88 Å². The zero-order chi connectivity index (χ0) is 16.2. The molecule has 2 fully saturated rings. The van der Waals surface area contributed by atoms with Crippen molar-refractivity contribution >= 4 is 11.7 Å². The quantitative estimate of drug-likeness (QED) is 0.806. The fourth-order valence-corrected chi connectivity index (χ4v) is 3.01. The summed E-state index contributed by atoms with van der Waals surface area (Å²) < 4.78 is 5.86. The molecule has 0 radical (unpaired) electrons. The molecule has 0 N–H and O–H groups in total. The second-order valence-electron chi connectivity index (χ2n) is 6.94. The number of nitrogens with zero attached hydrogens (tertiary/aromatic N) is 3. The summed E-state index contributed by atoms with van der Waals surface area (Å²) in [7, 11) is 4.00. The summed E-state index contributed by atoms with van der Waals surface area (Å²) in [6, 6.07) is 4.19. The Morgan fingerprint density at radius 2 is 2.26 bits per heavy atom. The molecule has 0 spiro atoms. The molecule has 23 heavy (non-hydrogen) atoms. The standard InChI is InChI=1S/C18H27N3O2/c1-20(2)17-11-15(7-8-19-17)5-6-16-13-21(9-10-23-16)18(22)12-14-3-4-14/h7-8,11,14,16H,3-6,9-10,12-13H2,1-2H3/t16-/m1/s1. The van der Waals surface area contributed by atoms with Gasteiger partial charge in [0.15, 0.2) is 0 Å². The highest BCUT2D eigenvalue weighted by Gasteiger charge is 2.29. The van der Waals surface area contributed by atoms with Gasteiger partial charge in [-0.05, 0) is 49.3 Å². The zero-order valence-corrected chi connectivity index (χ0v) is 14.2. The highest BCUT2D eigenvalue weighted by Crippen LogP contribution is 2.33. The lowest BCUT2D eigenvalue weighted by Gasteiger charge is -2.33. The number of hydrogen-bond acceptors (Lipinski definition) is 4. The van der Waals surface area contributed by atoms with Crippen molar-refractivity contribution < 1.29 is 9.53 Å². The minimum Gasteiger partial charge on any atom is -0.375 e. The number of pyridine rings is 1. The molecule has 0 aromatic carbocycles. The number of aromatic nitrogens is 1. The second-order valence-corrected chi connectivity index (χ2v) is 6.94. The van der Waals surface area contributed by atoms with Gasteiger partial charge in [0.05, 0.1) is 12.7 Å². The number of hydrogen-bond donors (Lipinski definition) is 0. The van der Waals surface area contributed by atoms with E-state index in [0.29, 0.717) is 18.4 Å². The summed E-state index contributed by atoms with van der Waals surface area (Å²) in [5.74, 6) is 1.96. The van der Waals surface area contributed by atoms with Gasteiger partial charge in [0.25, 0.3) is 0 Å². The minimum absolute atomic E-state index is 0.155. The molecule has 1 saturated carbocycles. The Kier molecular flexibility index (Phi) is 5.16. The number of carbonyl (C=O) groups excluding carboxylic acids is 1. The number of carbonyl (C=O) groups is 1. The molecular weight excluding hydrogens is 290 g/mol. The van der Waals surface area contributed by atoms with E-state index in [1.54, 1.807) is 0 Å². The molecular formula is C18H27N3O2. The Balaban J connectivity index is 1.49. The molecule has 1 aliphatic heterocycles. The van der Waals surface area contributed by atoms with Crippen molar-refractivity contribution in [2.24, 2.45) is 5.92 Å². The summed E-state index contributed by atoms with van der Waals surface area (Å²) in [4.78, 5) is 20.6. The molecule has 1 amide bonds. The predicted molar refractivity (Wildman–Crippen MR) is 90.5 cm³/mol. The van der Waals surface area contributed by atoms with Crippen LogP contribution in [0.25, 0.3) is 0 Å². The van der Waals surface area contributed by atoms with Gasteiger partial charge < -0.3 is 14.5 Å². The van der Waals surface area contributed by atoms with Crippen molar-refractivity contribution in [2.45, 2.75) is 38.2 Å². The topological polar surface area (TPSA) is 45.7 Å². The van der Waals surface area contributed by atoms with Gasteiger partial charge in [0.2, 0.25) is 5.91 Å². The van der Waals surface area contributed by atoms with Crippen LogP contribution in [-0.2, 0) is 16.0 Å². The summed E-state index contributed by atoms with van der Waals surface area (Å²) in [5, 5.41) is 0. The van der Waals surface area contributed by atoms with Crippen LogP contribution in [-0.4, -0.2) is 55.7 Å². The zero-order valence-electron chi connectivity index (χ0n) is 14.2. The molecule has 1 aromatic rings. The van der Waals surface area contributed by atoms with Crippen LogP contribution >= 0.6 is 0 Å². The molecule has 1 saturated heterocycles. The Morgan fingerprint density at radius 1 is 1.43 bits per heavy atom. The summed E-state index contributed by atoms with van der Waals surface area (Å²) >= 11 is 0. The summed E-state index contributed by atoms with van der Waals surface area (Å²) in [5.41, 5.74) is 1.27. The van der Waals surface area contributed by atoms with Gasteiger partial charge in [-0.1, -0.05) is 0 Å². The number of ether oxygens (including phenoxy) is 1. The largest absolute Gasteiger partial charge is 0.375 e. The molecule has 1 atom stereocenters. The molecule has 0 bridgehead atoms. The van der Waals surface area contributed by atoms with Crippen molar-refractivity contribution in [2.75, 3.05) is 38.7 Å². The average Bonchev–Trinajstić information content (AvgIpc) is 3.37. The highest BCUT2D eigenvalue weighted by atomic mass is 16.5. The van der Waals surface area contributed by atoms with Gasteiger partial charge in [-0.3, -0.25) is 4.79 Å². The maximum absolute atomic E-state index is 12.2. The van der Waals surface area contributed by atoms with Crippen molar-refractivity contribution in [3.63, 3.8) is 0 Å². The lowest BCUT2D eigenvalue weighted by atomic mass is 10.1. The smallest absolute Gasteiger partial charge is 0.223 e. The van der Waals surface area contributed by atoms with E-state index < -0.39 is 0 Å². The first-order valence-corrected chi connectivity index (χ1v) is 8.63. The fraction of sp³-hybridized carbons (Fsp3) is 0.667. The third-order valence-electron chi connectivity index (χ3n) is 4.67. The highest BCUT2D eigenvalue weighted by molar-refractivity contribution is 5.76. The maximum atomic E-state index is 12.2. The lowest BCUT2D eigenvalue weighted by Crippen LogP contribution is -2.45. The molecule has 1 aliphatic carbocycles. The summed E-state index contributed by atoms with van der Waals surface area (Å²) in [6.07, 6.45) is 7.12. The van der Waals surface area contributed by atoms with Gasteiger partial charge in [-0.25, -0.2) is 4.98 Å². The monoisotopic (exact) mass is 317 g/mol. The molecule has 1 aromatic heterocycles. The van der Waals surface area contributed by atoms with Crippen LogP contribution in [0.15, 0.2) is 18.3 Å². The maximum Gasteiger partial charge on any atom is 0.223 e. The van der Waals surface area contributed by atoms with E-state index in [-0.39, 0.29) is 6.10 Å². The van der Waals surface area contributed by atoms with Gasteiger partial charge in [0.1, 0.15) is 5.82 Å². The molecule has 2 aliphatic rings. The van der Waals surface area contributed by atoms with E-state index in [9.17, 15) is 4.79 Å². The Labute approximate surface area is 138 Å². The first-order chi connectivity index (χ1) is 11.1. The SMILES string of the molecule is CN(C)c1cc(CC[C@@H]2CN(C(=O)CC3CC3)CCO2)ccn1. The number of anilines is 1. The van der Waals surface area contributed by atoms with E-state index in [1.165, 1.54) is 18.4 Å². The van der Waals surface area contributed by atoms with Gasteiger partial charge >= 0.3 is 0 Å². The molecule has 0 unspecified atom stereocenters. The van der Waals surface area contributed by atoms with E-state index in [0.717, 1.165) is 38.2 Å². The third-order valence-corrected chi connectivity index (χ3v) is 4.67. The van der Waals surface area contributed by atoms with Crippen LogP contribution in [0.2, 0.25) is 0 Å². The normalized spacial score (nSPS) is 21.3. The fourth-order valence-electron chi connectivity index (χ4n) is 3.01. The third kappa shape index (κ3) is 4.67. The second kappa shape index (κ2) is 7.30. The summed E-state index contributed by atoms with van der Waals surface area (Å²) in [6.45, 7) is 2.17.